The molecule has 10 nitrogen and oxygen atoms in total. The van der Waals surface area contributed by atoms with E-state index in [1.54, 1.807) is 24.3 Å². The highest BCUT2D eigenvalue weighted by molar-refractivity contribution is 6.05. The van der Waals surface area contributed by atoms with Gasteiger partial charge in [-0.3, -0.25) is 4.79 Å². The summed E-state index contributed by atoms with van der Waals surface area (Å²) in [4.78, 5) is 20.6. The van der Waals surface area contributed by atoms with Crippen LogP contribution in [0.15, 0.2) is 42.9 Å². The third kappa shape index (κ3) is 3.04. The van der Waals surface area contributed by atoms with Crippen LogP contribution in [0.2, 0.25) is 0 Å². The molecule has 1 aliphatic heterocycles. The first-order chi connectivity index (χ1) is 13.1. The Morgan fingerprint density at radius 3 is 2.67 bits per heavy atom. The first-order valence-electron chi connectivity index (χ1n) is 8.27. The van der Waals surface area contributed by atoms with Crippen molar-refractivity contribution >= 4 is 17.4 Å². The zero-order chi connectivity index (χ0) is 19.0. The minimum absolute atomic E-state index is 0.192. The van der Waals surface area contributed by atoms with Gasteiger partial charge in [-0.25, -0.2) is 14.5 Å². The molecule has 0 aliphatic carbocycles. The maximum absolute atomic E-state index is 12.4. The van der Waals surface area contributed by atoms with E-state index in [1.165, 1.54) is 17.0 Å². The zero-order valence-electron chi connectivity index (χ0n) is 14.0. The fourth-order valence-electron chi connectivity index (χ4n) is 3.03. The topological polar surface area (TPSA) is 142 Å². The molecule has 1 saturated heterocycles. The van der Waals surface area contributed by atoms with Crippen LogP contribution in [0.3, 0.4) is 0 Å². The van der Waals surface area contributed by atoms with E-state index >= 15 is 0 Å². The fraction of sp³-hybridized carbons (Fsp3) is 0.294. The molecule has 1 fully saturated rings. The number of hydrogen-bond donors (Lipinski definition) is 4. The second-order valence-corrected chi connectivity index (χ2v) is 6.11. The number of amides is 1. The van der Waals surface area contributed by atoms with Gasteiger partial charge in [-0.05, 0) is 12.1 Å². The van der Waals surface area contributed by atoms with E-state index in [-0.39, 0.29) is 17.4 Å². The van der Waals surface area contributed by atoms with Crippen LogP contribution in [0.1, 0.15) is 22.2 Å². The minimum Gasteiger partial charge on any atom is -0.394 e. The smallest absolute Gasteiger partial charge is 0.256 e. The highest BCUT2D eigenvalue weighted by Crippen LogP contribution is 2.33. The molecule has 27 heavy (non-hydrogen) atoms. The number of nitrogens with one attached hydrogen (secondary N) is 1. The van der Waals surface area contributed by atoms with Crippen molar-refractivity contribution in [1.29, 1.82) is 0 Å². The van der Waals surface area contributed by atoms with Gasteiger partial charge in [0.05, 0.1) is 18.5 Å². The second kappa shape index (κ2) is 7.00. The van der Waals surface area contributed by atoms with Crippen LogP contribution in [0.5, 0.6) is 0 Å². The van der Waals surface area contributed by atoms with E-state index in [4.69, 9.17) is 4.74 Å². The molecular weight excluding hydrogens is 354 g/mol. The molecule has 0 saturated carbocycles. The Hall–Kier alpha value is -2.92. The number of imidazole rings is 1. The lowest BCUT2D eigenvalue weighted by Crippen LogP contribution is -2.32. The Kier molecular flexibility index (Phi) is 4.54. The number of aromatic nitrogens is 4. The number of hydrogen-bond acceptors (Lipinski definition) is 8. The third-order valence-corrected chi connectivity index (χ3v) is 4.43. The van der Waals surface area contributed by atoms with Gasteiger partial charge in [-0.1, -0.05) is 18.2 Å². The maximum Gasteiger partial charge on any atom is 0.256 e. The van der Waals surface area contributed by atoms with Crippen LogP contribution in [0, 0.1) is 0 Å². The number of aliphatic hydroxyl groups excluding tert-OH is 3. The summed E-state index contributed by atoms with van der Waals surface area (Å²) in [5, 5.41) is 36.2. The van der Waals surface area contributed by atoms with E-state index in [9.17, 15) is 20.1 Å². The molecule has 4 N–H and O–H groups in total. The van der Waals surface area contributed by atoms with Gasteiger partial charge >= 0.3 is 0 Å². The second-order valence-electron chi connectivity index (χ2n) is 6.11. The lowest BCUT2D eigenvalue weighted by molar-refractivity contribution is -0.0244. The molecule has 3 aromatic rings. The lowest BCUT2D eigenvalue weighted by atomic mass is 10.1. The SMILES string of the molecule is O=C(Nc1ncnn2c([C@@H]3O[C@H](CO)[C@@H](O)[C@H]3O)cnc12)c1ccccc1. The predicted octanol–water partition coefficient (Wildman–Crippen LogP) is -0.469. The Labute approximate surface area is 153 Å². The van der Waals surface area contributed by atoms with Crippen molar-refractivity contribution in [2.75, 3.05) is 11.9 Å². The molecule has 0 radical (unpaired) electrons. The van der Waals surface area contributed by atoms with Crippen molar-refractivity contribution in [3.63, 3.8) is 0 Å². The largest absolute Gasteiger partial charge is 0.394 e. The van der Waals surface area contributed by atoms with E-state index in [1.807, 2.05) is 6.07 Å². The normalized spacial score (nSPS) is 25.0. The Bertz CT molecular complexity index is 963. The summed E-state index contributed by atoms with van der Waals surface area (Å²) >= 11 is 0. The minimum atomic E-state index is -1.25. The summed E-state index contributed by atoms with van der Waals surface area (Å²) < 4.78 is 6.89. The molecule has 140 valence electrons. The summed E-state index contributed by atoms with van der Waals surface area (Å²) in [5.41, 5.74) is 1.09. The number of anilines is 1. The van der Waals surface area contributed by atoms with Crippen LogP contribution in [-0.2, 0) is 4.74 Å². The standard InChI is InChI=1S/C17H17N5O5/c23-7-11-12(24)13(25)14(27-11)10-6-18-16-15(19-8-20-22(10)16)21-17(26)9-4-2-1-3-5-9/h1-6,8,11-14,23-25H,7H2,(H,19,20,21,26)/t11-,12-,13-,14+/m1/s1. The molecule has 1 aromatic carbocycles. The average Bonchev–Trinajstić information content (AvgIpc) is 3.25. The van der Waals surface area contributed by atoms with E-state index in [2.05, 4.69) is 20.4 Å². The van der Waals surface area contributed by atoms with Gasteiger partial charge in [-0.2, -0.15) is 5.10 Å². The van der Waals surface area contributed by atoms with Gasteiger partial charge in [0.2, 0.25) is 0 Å². The molecule has 3 heterocycles. The van der Waals surface area contributed by atoms with Crippen molar-refractivity contribution in [3.05, 3.63) is 54.1 Å². The van der Waals surface area contributed by atoms with E-state index in [0.29, 0.717) is 11.3 Å². The number of ether oxygens (including phenoxy) is 1. The highest BCUT2D eigenvalue weighted by Gasteiger charge is 2.44. The molecule has 0 bridgehead atoms. The monoisotopic (exact) mass is 371 g/mol. The number of aliphatic hydroxyl groups is 3. The summed E-state index contributed by atoms with van der Waals surface area (Å²) in [6, 6.07) is 8.65. The molecule has 1 aliphatic rings. The third-order valence-electron chi connectivity index (χ3n) is 4.43. The molecule has 0 spiro atoms. The maximum atomic E-state index is 12.4. The van der Waals surface area contributed by atoms with Crippen LogP contribution >= 0.6 is 0 Å². The molecule has 10 heteroatoms. The quantitative estimate of drug-likeness (QED) is 0.482. The molecule has 2 aromatic heterocycles. The highest BCUT2D eigenvalue weighted by atomic mass is 16.6. The van der Waals surface area contributed by atoms with Gasteiger partial charge in [0, 0.05) is 5.56 Å². The van der Waals surface area contributed by atoms with Crippen molar-refractivity contribution in [1.82, 2.24) is 19.6 Å². The van der Waals surface area contributed by atoms with Gasteiger partial charge in [0.1, 0.15) is 30.7 Å². The zero-order valence-corrected chi connectivity index (χ0v) is 14.0. The molecule has 4 rings (SSSR count). The number of rotatable bonds is 4. The summed E-state index contributed by atoms with van der Waals surface area (Å²) in [7, 11) is 0. The van der Waals surface area contributed by atoms with E-state index < -0.39 is 31.0 Å². The van der Waals surface area contributed by atoms with E-state index in [0.717, 1.165) is 0 Å². The van der Waals surface area contributed by atoms with Crippen LogP contribution in [0.25, 0.3) is 5.65 Å². The summed E-state index contributed by atoms with van der Waals surface area (Å²) in [6.07, 6.45) is -1.67. The average molecular weight is 371 g/mol. The van der Waals surface area contributed by atoms with Crippen LogP contribution in [-0.4, -0.2) is 65.7 Å². The Morgan fingerprint density at radius 2 is 1.96 bits per heavy atom. The van der Waals surface area contributed by atoms with Crippen molar-refractivity contribution in [3.8, 4) is 0 Å². The molecular formula is C17H17N5O5. The predicted molar refractivity (Wildman–Crippen MR) is 91.9 cm³/mol. The van der Waals surface area contributed by atoms with Gasteiger partial charge in [-0.15, -0.1) is 0 Å². The fourth-order valence-corrected chi connectivity index (χ4v) is 3.03. The lowest BCUT2D eigenvalue weighted by Gasteiger charge is -2.13. The van der Waals surface area contributed by atoms with Crippen LogP contribution < -0.4 is 5.32 Å². The Balaban J connectivity index is 1.65. The number of carbonyl (C=O) groups excluding carboxylic acids is 1. The number of fused-ring (bicyclic) bond motifs is 1. The van der Waals surface area contributed by atoms with Crippen molar-refractivity contribution in [2.24, 2.45) is 0 Å². The summed E-state index contributed by atoms with van der Waals surface area (Å²) in [6.45, 7) is -0.432. The van der Waals surface area contributed by atoms with Crippen molar-refractivity contribution in [2.45, 2.75) is 24.4 Å². The number of benzene rings is 1. The molecule has 1 amide bonds. The van der Waals surface area contributed by atoms with Gasteiger partial charge < -0.3 is 25.4 Å². The van der Waals surface area contributed by atoms with Gasteiger partial charge in [0.25, 0.3) is 5.91 Å². The molecule has 0 unspecified atom stereocenters. The van der Waals surface area contributed by atoms with Crippen LogP contribution in [0.4, 0.5) is 5.82 Å². The Morgan fingerprint density at radius 1 is 1.19 bits per heavy atom. The summed E-state index contributed by atoms with van der Waals surface area (Å²) in [5.74, 6) is -0.162. The number of nitrogens with zero attached hydrogens (tertiary/aromatic N) is 4. The first kappa shape index (κ1) is 17.5. The number of carbonyl (C=O) groups is 1. The first-order valence-corrected chi connectivity index (χ1v) is 8.27. The van der Waals surface area contributed by atoms with Gasteiger partial charge in [0.15, 0.2) is 11.5 Å². The van der Waals surface area contributed by atoms with Crippen molar-refractivity contribution < 1.29 is 24.9 Å². The molecule has 4 atom stereocenters.